The van der Waals surface area contributed by atoms with Crippen LogP contribution >= 0.6 is 11.8 Å². The van der Waals surface area contributed by atoms with Crippen molar-refractivity contribution in [3.8, 4) is 0 Å². The van der Waals surface area contributed by atoms with Gasteiger partial charge in [0, 0.05) is 41.9 Å². The van der Waals surface area contributed by atoms with Crippen molar-refractivity contribution in [3.05, 3.63) is 23.9 Å². The second-order valence-electron chi connectivity index (χ2n) is 4.33. The molecule has 1 aromatic heterocycles. The van der Waals surface area contributed by atoms with Gasteiger partial charge in [-0.05, 0) is 13.0 Å². The monoisotopic (exact) mass is 237 g/mol. The van der Waals surface area contributed by atoms with Crippen LogP contribution < -0.4 is 10.6 Å². The maximum absolute atomic E-state index is 5.98. The molecule has 4 heteroatoms. The molecular weight excluding hydrogens is 218 g/mol. The second-order valence-corrected chi connectivity index (χ2v) is 5.88. The first kappa shape index (κ1) is 11.7. The fourth-order valence-electron chi connectivity index (χ4n) is 2.04. The molecule has 0 amide bonds. The highest BCUT2D eigenvalue weighted by atomic mass is 32.2. The summed E-state index contributed by atoms with van der Waals surface area (Å²) in [5.41, 5.74) is 7.14. The van der Waals surface area contributed by atoms with Crippen LogP contribution in [0.1, 0.15) is 25.5 Å². The fraction of sp³-hybridized carbons (Fsp3) is 0.583. The highest BCUT2D eigenvalue weighted by Crippen LogP contribution is 2.27. The van der Waals surface area contributed by atoms with Crippen molar-refractivity contribution in [2.24, 2.45) is 5.73 Å². The number of thioether (sulfide) groups is 1. The largest absolute Gasteiger partial charge is 0.354 e. The molecule has 1 unspecified atom stereocenters. The predicted octanol–water partition coefficient (Wildman–Crippen LogP) is 2.04. The van der Waals surface area contributed by atoms with Crippen molar-refractivity contribution >= 4 is 17.6 Å². The van der Waals surface area contributed by atoms with Crippen LogP contribution in [0.2, 0.25) is 0 Å². The first-order valence-corrected chi connectivity index (χ1v) is 6.80. The molecule has 0 aliphatic carbocycles. The summed E-state index contributed by atoms with van der Waals surface area (Å²) in [6.45, 7) is 6.43. The van der Waals surface area contributed by atoms with Gasteiger partial charge >= 0.3 is 0 Å². The Hall–Kier alpha value is -0.740. The van der Waals surface area contributed by atoms with Gasteiger partial charge in [0.15, 0.2) is 0 Å². The minimum Gasteiger partial charge on any atom is -0.354 e. The zero-order valence-electron chi connectivity index (χ0n) is 9.89. The minimum absolute atomic E-state index is 0.0496. The van der Waals surface area contributed by atoms with Gasteiger partial charge < -0.3 is 10.6 Å². The minimum atomic E-state index is 0.0496. The van der Waals surface area contributed by atoms with E-state index in [4.69, 9.17) is 5.73 Å². The number of rotatable bonds is 2. The van der Waals surface area contributed by atoms with Crippen molar-refractivity contribution in [2.75, 3.05) is 23.7 Å². The maximum atomic E-state index is 5.98. The normalized spacial score (nSPS) is 23.2. The molecule has 0 aromatic carbocycles. The van der Waals surface area contributed by atoms with E-state index in [0.717, 1.165) is 24.5 Å². The van der Waals surface area contributed by atoms with Crippen molar-refractivity contribution in [3.63, 3.8) is 0 Å². The van der Waals surface area contributed by atoms with E-state index in [9.17, 15) is 0 Å². The standard InChI is InChI=1S/C12H19N3S/c1-9-8-15(6-7-16-9)12-11(10(2)13)4-3-5-14-12/h3-5,9-10H,6-8,13H2,1-2H3/t9?,10-/m0/s1. The molecule has 1 aliphatic rings. The van der Waals surface area contributed by atoms with Gasteiger partial charge in [0.2, 0.25) is 0 Å². The molecule has 0 bridgehead atoms. The summed E-state index contributed by atoms with van der Waals surface area (Å²) in [6.07, 6.45) is 1.85. The molecule has 1 saturated heterocycles. The molecule has 0 radical (unpaired) electrons. The maximum Gasteiger partial charge on any atom is 0.133 e. The number of hydrogen-bond donors (Lipinski definition) is 1. The quantitative estimate of drug-likeness (QED) is 0.855. The van der Waals surface area contributed by atoms with E-state index >= 15 is 0 Å². The van der Waals surface area contributed by atoms with E-state index in [2.05, 4.69) is 22.9 Å². The van der Waals surface area contributed by atoms with Crippen LogP contribution in [0.4, 0.5) is 5.82 Å². The molecule has 88 valence electrons. The van der Waals surface area contributed by atoms with Crippen LogP contribution in [-0.2, 0) is 0 Å². The third kappa shape index (κ3) is 2.50. The first-order chi connectivity index (χ1) is 7.68. The molecule has 16 heavy (non-hydrogen) atoms. The van der Waals surface area contributed by atoms with Crippen molar-refractivity contribution in [1.29, 1.82) is 0 Å². The van der Waals surface area contributed by atoms with E-state index < -0.39 is 0 Å². The molecule has 2 N–H and O–H groups in total. The Morgan fingerprint density at radius 2 is 2.44 bits per heavy atom. The number of anilines is 1. The molecule has 3 nitrogen and oxygen atoms in total. The molecule has 2 rings (SSSR count). The lowest BCUT2D eigenvalue weighted by Gasteiger charge is -2.33. The van der Waals surface area contributed by atoms with Gasteiger partial charge in [-0.25, -0.2) is 4.98 Å². The van der Waals surface area contributed by atoms with Gasteiger partial charge in [-0.1, -0.05) is 13.0 Å². The zero-order chi connectivity index (χ0) is 11.5. The molecular formula is C12H19N3S. The van der Waals surface area contributed by atoms with Crippen LogP contribution in [0.15, 0.2) is 18.3 Å². The summed E-state index contributed by atoms with van der Waals surface area (Å²) >= 11 is 2.03. The zero-order valence-corrected chi connectivity index (χ0v) is 10.7. The third-order valence-corrected chi connectivity index (χ3v) is 3.98. The molecule has 1 aromatic rings. The number of hydrogen-bond acceptors (Lipinski definition) is 4. The fourth-order valence-corrected chi connectivity index (χ4v) is 3.05. The van der Waals surface area contributed by atoms with E-state index in [-0.39, 0.29) is 6.04 Å². The molecule has 1 fully saturated rings. The van der Waals surface area contributed by atoms with E-state index in [1.807, 2.05) is 30.9 Å². The second kappa shape index (κ2) is 5.06. The Morgan fingerprint density at radius 3 is 3.12 bits per heavy atom. The lowest BCUT2D eigenvalue weighted by atomic mass is 10.1. The SMILES string of the molecule is CC1CN(c2ncccc2[C@H](C)N)CCS1. The lowest BCUT2D eigenvalue weighted by molar-refractivity contribution is 0.740. The van der Waals surface area contributed by atoms with Gasteiger partial charge in [0.05, 0.1) is 0 Å². The van der Waals surface area contributed by atoms with Crippen LogP contribution in [0.3, 0.4) is 0 Å². The highest BCUT2D eigenvalue weighted by Gasteiger charge is 2.20. The van der Waals surface area contributed by atoms with Gasteiger partial charge in [-0.15, -0.1) is 0 Å². The predicted molar refractivity (Wildman–Crippen MR) is 71.0 cm³/mol. The van der Waals surface area contributed by atoms with Gasteiger partial charge in [0.25, 0.3) is 0 Å². The summed E-state index contributed by atoms with van der Waals surface area (Å²) in [5.74, 6) is 2.25. The molecule has 2 heterocycles. The number of nitrogens with two attached hydrogens (primary N) is 1. The number of nitrogens with zero attached hydrogens (tertiary/aromatic N) is 2. The van der Waals surface area contributed by atoms with Crippen LogP contribution in [-0.4, -0.2) is 29.1 Å². The van der Waals surface area contributed by atoms with Gasteiger partial charge in [0.1, 0.15) is 5.82 Å². The summed E-state index contributed by atoms with van der Waals surface area (Å²) in [6, 6.07) is 4.09. The summed E-state index contributed by atoms with van der Waals surface area (Å²) in [7, 11) is 0. The average Bonchev–Trinajstić information content (AvgIpc) is 2.29. The van der Waals surface area contributed by atoms with Crippen LogP contribution in [0.5, 0.6) is 0 Å². The summed E-state index contributed by atoms with van der Waals surface area (Å²) in [5, 5.41) is 0.677. The van der Waals surface area contributed by atoms with Crippen LogP contribution in [0, 0.1) is 0 Å². The van der Waals surface area contributed by atoms with Crippen LogP contribution in [0.25, 0.3) is 0 Å². The summed E-state index contributed by atoms with van der Waals surface area (Å²) in [4.78, 5) is 6.86. The van der Waals surface area contributed by atoms with Crippen molar-refractivity contribution in [2.45, 2.75) is 25.1 Å². The van der Waals surface area contributed by atoms with Gasteiger partial charge in [-0.2, -0.15) is 11.8 Å². The van der Waals surface area contributed by atoms with Crippen molar-refractivity contribution < 1.29 is 0 Å². The Morgan fingerprint density at radius 1 is 1.62 bits per heavy atom. The Labute approximate surface area is 101 Å². The topological polar surface area (TPSA) is 42.2 Å². The highest BCUT2D eigenvalue weighted by molar-refractivity contribution is 8.00. The Kier molecular flexibility index (Phi) is 3.71. The Bertz CT molecular complexity index is 354. The third-order valence-electron chi connectivity index (χ3n) is 2.85. The molecule has 0 spiro atoms. The van der Waals surface area contributed by atoms with E-state index in [1.54, 1.807) is 0 Å². The summed E-state index contributed by atoms with van der Waals surface area (Å²) < 4.78 is 0. The van der Waals surface area contributed by atoms with Gasteiger partial charge in [-0.3, -0.25) is 0 Å². The molecule has 1 aliphatic heterocycles. The Balaban J connectivity index is 2.25. The first-order valence-electron chi connectivity index (χ1n) is 5.75. The lowest BCUT2D eigenvalue weighted by Crippen LogP contribution is -2.38. The van der Waals surface area contributed by atoms with E-state index in [0.29, 0.717) is 5.25 Å². The number of aromatic nitrogens is 1. The number of pyridine rings is 1. The van der Waals surface area contributed by atoms with Crippen molar-refractivity contribution in [1.82, 2.24) is 4.98 Å². The molecule has 2 atom stereocenters. The molecule has 0 saturated carbocycles. The average molecular weight is 237 g/mol. The van der Waals surface area contributed by atoms with E-state index in [1.165, 1.54) is 5.75 Å². The smallest absolute Gasteiger partial charge is 0.133 e.